The molecule has 0 fully saturated rings. The van der Waals surface area contributed by atoms with Crippen LogP contribution in [0.2, 0.25) is 0 Å². The second-order valence-electron chi connectivity index (χ2n) is 5.74. The van der Waals surface area contributed by atoms with Crippen LogP contribution in [0.15, 0.2) is 24.3 Å². The minimum atomic E-state index is 0.153. The van der Waals surface area contributed by atoms with Crippen molar-refractivity contribution in [1.29, 1.82) is 0 Å². The van der Waals surface area contributed by atoms with Crippen LogP contribution in [-0.4, -0.2) is 9.78 Å². The molecule has 1 aliphatic carbocycles. The highest BCUT2D eigenvalue weighted by Gasteiger charge is 2.17. The predicted molar refractivity (Wildman–Crippen MR) is 83.3 cm³/mol. The van der Waals surface area contributed by atoms with Crippen molar-refractivity contribution in [3.63, 3.8) is 0 Å². The zero-order chi connectivity index (χ0) is 14.8. The average Bonchev–Trinajstić information content (AvgIpc) is 2.86. The van der Waals surface area contributed by atoms with Crippen molar-refractivity contribution in [1.82, 2.24) is 9.78 Å². The molecule has 4 heteroatoms. The van der Waals surface area contributed by atoms with Crippen LogP contribution in [0.25, 0.3) is 0 Å². The number of aryl methyl sites for hydroxylation is 3. The van der Waals surface area contributed by atoms with Gasteiger partial charge in [0.05, 0.1) is 11.4 Å². The van der Waals surface area contributed by atoms with Crippen LogP contribution >= 0.6 is 0 Å². The molecule has 112 valence electrons. The van der Waals surface area contributed by atoms with E-state index in [-0.39, 0.29) is 6.04 Å². The molecular weight excluding hydrogens is 262 g/mol. The van der Waals surface area contributed by atoms with Gasteiger partial charge in [0.15, 0.2) is 0 Å². The maximum absolute atomic E-state index is 6.20. The van der Waals surface area contributed by atoms with E-state index >= 15 is 0 Å². The molecular formula is C17H23N3O. The largest absolute Gasteiger partial charge is 0.487 e. The number of fused-ring (bicyclic) bond motifs is 1. The van der Waals surface area contributed by atoms with Crippen LogP contribution in [0.4, 0.5) is 0 Å². The Hall–Kier alpha value is -1.81. The maximum atomic E-state index is 6.20. The number of rotatable bonds is 4. The molecule has 0 bridgehead atoms. The van der Waals surface area contributed by atoms with Crippen LogP contribution in [0.1, 0.15) is 48.3 Å². The van der Waals surface area contributed by atoms with E-state index in [1.165, 1.54) is 17.5 Å². The molecule has 0 radical (unpaired) electrons. The lowest BCUT2D eigenvalue weighted by Crippen LogP contribution is -2.17. The van der Waals surface area contributed by atoms with Crippen LogP contribution in [0.3, 0.4) is 0 Å². The Morgan fingerprint density at radius 3 is 3.05 bits per heavy atom. The lowest BCUT2D eigenvalue weighted by Gasteiger charge is -2.22. The van der Waals surface area contributed by atoms with E-state index in [1.807, 2.05) is 11.6 Å². The van der Waals surface area contributed by atoms with E-state index in [0.29, 0.717) is 6.61 Å². The number of nitrogens with two attached hydrogens (primary N) is 1. The third-order valence-corrected chi connectivity index (χ3v) is 4.15. The summed E-state index contributed by atoms with van der Waals surface area (Å²) >= 11 is 0. The molecule has 2 aromatic rings. The molecule has 3 rings (SSSR count). The molecule has 0 aliphatic heterocycles. The number of nitrogens with zero attached hydrogens (tertiary/aromatic N) is 2. The molecule has 21 heavy (non-hydrogen) atoms. The normalized spacial score (nSPS) is 17.6. The minimum Gasteiger partial charge on any atom is -0.487 e. The van der Waals surface area contributed by atoms with E-state index in [1.54, 1.807) is 0 Å². The van der Waals surface area contributed by atoms with Crippen LogP contribution in [0, 0.1) is 6.92 Å². The molecule has 1 aromatic carbocycles. The zero-order valence-corrected chi connectivity index (χ0v) is 12.8. The second-order valence-corrected chi connectivity index (χ2v) is 5.74. The number of ether oxygens (including phenoxy) is 1. The van der Waals surface area contributed by atoms with Gasteiger partial charge in [0, 0.05) is 12.6 Å². The molecule has 2 N–H and O–H groups in total. The Morgan fingerprint density at radius 2 is 2.24 bits per heavy atom. The quantitative estimate of drug-likeness (QED) is 0.939. The summed E-state index contributed by atoms with van der Waals surface area (Å²) in [6, 6.07) is 8.55. The minimum absolute atomic E-state index is 0.153. The van der Waals surface area contributed by atoms with Gasteiger partial charge in [-0.25, -0.2) is 0 Å². The lowest BCUT2D eigenvalue weighted by molar-refractivity contribution is 0.291. The van der Waals surface area contributed by atoms with Crippen LogP contribution in [0.5, 0.6) is 5.75 Å². The third kappa shape index (κ3) is 2.95. The van der Waals surface area contributed by atoms with Crippen molar-refractivity contribution in [2.24, 2.45) is 5.73 Å². The molecule has 0 saturated heterocycles. The molecule has 0 unspecified atom stereocenters. The van der Waals surface area contributed by atoms with E-state index in [2.05, 4.69) is 36.3 Å². The molecule has 1 aliphatic rings. The average molecular weight is 285 g/mol. The number of hydrogen-bond donors (Lipinski definition) is 1. The summed E-state index contributed by atoms with van der Waals surface area (Å²) in [6.07, 6.45) is 3.38. The molecule has 0 amide bonds. The summed E-state index contributed by atoms with van der Waals surface area (Å²) in [5.41, 5.74) is 11.0. The van der Waals surface area contributed by atoms with Gasteiger partial charge in [-0.1, -0.05) is 6.07 Å². The second kappa shape index (κ2) is 5.90. The fourth-order valence-electron chi connectivity index (χ4n) is 3.05. The number of hydrogen-bond acceptors (Lipinski definition) is 3. The van der Waals surface area contributed by atoms with E-state index in [0.717, 1.165) is 36.5 Å². The van der Waals surface area contributed by atoms with Crippen molar-refractivity contribution >= 4 is 0 Å². The first-order valence-electron chi connectivity index (χ1n) is 7.72. The fraction of sp³-hybridized carbons (Fsp3) is 0.471. The highest BCUT2D eigenvalue weighted by molar-refractivity contribution is 5.39. The molecule has 1 aromatic heterocycles. The SMILES string of the molecule is CCn1nc(C)cc1COc1ccc2c(c1)[C@H](N)CCC2. The van der Waals surface area contributed by atoms with Gasteiger partial charge in [0.2, 0.25) is 0 Å². The fourth-order valence-corrected chi connectivity index (χ4v) is 3.05. The first kappa shape index (κ1) is 14.1. The Kier molecular flexibility index (Phi) is 3.97. The number of benzene rings is 1. The van der Waals surface area contributed by atoms with E-state index in [9.17, 15) is 0 Å². The molecule has 1 heterocycles. The maximum Gasteiger partial charge on any atom is 0.130 e. The Bertz CT molecular complexity index is 633. The van der Waals surface area contributed by atoms with Gasteiger partial charge in [0.1, 0.15) is 12.4 Å². The Morgan fingerprint density at radius 1 is 1.38 bits per heavy atom. The van der Waals surface area contributed by atoms with Crippen molar-refractivity contribution in [2.75, 3.05) is 0 Å². The van der Waals surface area contributed by atoms with Gasteiger partial charge in [0.25, 0.3) is 0 Å². The highest BCUT2D eigenvalue weighted by atomic mass is 16.5. The van der Waals surface area contributed by atoms with E-state index in [4.69, 9.17) is 10.5 Å². The van der Waals surface area contributed by atoms with Gasteiger partial charge in [-0.15, -0.1) is 0 Å². The standard InChI is InChI=1S/C17H23N3O/c1-3-20-14(9-12(2)19-20)11-21-15-8-7-13-5-4-6-17(18)16(13)10-15/h7-10,17H,3-6,11,18H2,1-2H3/t17-/m1/s1. The van der Waals surface area contributed by atoms with Crippen molar-refractivity contribution in [2.45, 2.75) is 52.3 Å². The molecule has 1 atom stereocenters. The van der Waals surface area contributed by atoms with Crippen molar-refractivity contribution in [3.05, 3.63) is 46.8 Å². The predicted octanol–water partition coefficient (Wildman–Crippen LogP) is 3.13. The summed E-state index contributed by atoms with van der Waals surface area (Å²) in [7, 11) is 0. The van der Waals surface area contributed by atoms with Gasteiger partial charge >= 0.3 is 0 Å². The van der Waals surface area contributed by atoms with Crippen LogP contribution in [-0.2, 0) is 19.6 Å². The summed E-state index contributed by atoms with van der Waals surface area (Å²) in [5, 5.41) is 4.44. The molecule has 0 saturated carbocycles. The monoisotopic (exact) mass is 285 g/mol. The smallest absolute Gasteiger partial charge is 0.130 e. The van der Waals surface area contributed by atoms with Crippen molar-refractivity contribution < 1.29 is 4.74 Å². The number of aromatic nitrogens is 2. The summed E-state index contributed by atoms with van der Waals surface area (Å²) in [5.74, 6) is 0.896. The first-order valence-corrected chi connectivity index (χ1v) is 7.72. The topological polar surface area (TPSA) is 53.1 Å². The zero-order valence-electron chi connectivity index (χ0n) is 12.8. The summed E-state index contributed by atoms with van der Waals surface area (Å²) in [6.45, 7) is 5.51. The van der Waals surface area contributed by atoms with Gasteiger partial charge in [-0.3, -0.25) is 4.68 Å². The lowest BCUT2D eigenvalue weighted by atomic mass is 9.88. The summed E-state index contributed by atoms with van der Waals surface area (Å²) in [4.78, 5) is 0. The van der Waals surface area contributed by atoms with Gasteiger partial charge < -0.3 is 10.5 Å². The first-order chi connectivity index (χ1) is 10.2. The molecule has 0 spiro atoms. The third-order valence-electron chi connectivity index (χ3n) is 4.15. The Balaban J connectivity index is 1.75. The Labute approximate surface area is 125 Å². The van der Waals surface area contributed by atoms with E-state index < -0.39 is 0 Å². The van der Waals surface area contributed by atoms with Gasteiger partial charge in [-0.2, -0.15) is 5.10 Å². The van der Waals surface area contributed by atoms with Gasteiger partial charge in [-0.05, 0) is 62.4 Å². The summed E-state index contributed by atoms with van der Waals surface area (Å²) < 4.78 is 7.93. The molecule has 4 nitrogen and oxygen atoms in total. The van der Waals surface area contributed by atoms with Crippen molar-refractivity contribution in [3.8, 4) is 5.75 Å². The van der Waals surface area contributed by atoms with Crippen LogP contribution < -0.4 is 10.5 Å². The highest BCUT2D eigenvalue weighted by Crippen LogP contribution is 2.31.